The third-order valence-electron chi connectivity index (χ3n) is 3.11. The van der Waals surface area contributed by atoms with Crippen molar-refractivity contribution in [1.29, 1.82) is 0 Å². The van der Waals surface area contributed by atoms with E-state index in [1.807, 2.05) is 0 Å². The summed E-state index contributed by atoms with van der Waals surface area (Å²) in [6, 6.07) is 1.70. The van der Waals surface area contributed by atoms with Crippen molar-refractivity contribution in [3.8, 4) is 0 Å². The summed E-state index contributed by atoms with van der Waals surface area (Å²) >= 11 is 0. The van der Waals surface area contributed by atoms with Crippen molar-refractivity contribution in [3.63, 3.8) is 0 Å². The molecule has 1 aromatic heterocycles. The Bertz CT molecular complexity index is 429. The third kappa shape index (κ3) is 2.49. The molecule has 17 heavy (non-hydrogen) atoms. The topological polar surface area (TPSA) is 70.8 Å². The number of carboxylic acids is 1. The number of furan rings is 1. The van der Waals surface area contributed by atoms with Crippen molar-refractivity contribution in [2.45, 2.75) is 19.8 Å². The Hall–Kier alpha value is -1.78. The maximum absolute atomic E-state index is 12.0. The van der Waals surface area contributed by atoms with Crippen LogP contribution in [0.5, 0.6) is 0 Å². The molecular formula is C12H15NO4. The molecule has 2 heterocycles. The number of carbonyl (C=O) groups excluding carboxylic acids is 1. The van der Waals surface area contributed by atoms with Gasteiger partial charge in [0.2, 0.25) is 0 Å². The van der Waals surface area contributed by atoms with Crippen molar-refractivity contribution in [1.82, 2.24) is 4.90 Å². The predicted octanol–water partition coefficient (Wildman–Crippen LogP) is 1.52. The van der Waals surface area contributed by atoms with Gasteiger partial charge < -0.3 is 14.4 Å². The lowest BCUT2D eigenvalue weighted by Crippen LogP contribution is -2.40. The monoisotopic (exact) mass is 237 g/mol. The minimum absolute atomic E-state index is 0.0781. The number of hydrogen-bond donors (Lipinski definition) is 1. The number of nitrogens with zero attached hydrogens (tertiary/aromatic N) is 1. The van der Waals surface area contributed by atoms with Crippen LogP contribution in [0.3, 0.4) is 0 Å². The number of aliphatic carboxylic acids is 1. The van der Waals surface area contributed by atoms with Gasteiger partial charge >= 0.3 is 5.97 Å². The molecule has 0 atom stereocenters. The third-order valence-corrected chi connectivity index (χ3v) is 3.11. The summed E-state index contributed by atoms with van der Waals surface area (Å²) in [5.74, 6) is -0.458. The Morgan fingerprint density at radius 1 is 1.41 bits per heavy atom. The SMILES string of the molecule is Cc1cc(C(=O)N2CCC(C(=O)O)CC2)co1. The van der Waals surface area contributed by atoms with Gasteiger partial charge in [0, 0.05) is 13.1 Å². The lowest BCUT2D eigenvalue weighted by atomic mass is 9.97. The van der Waals surface area contributed by atoms with Crippen molar-refractivity contribution < 1.29 is 19.1 Å². The van der Waals surface area contributed by atoms with Crippen molar-refractivity contribution >= 4 is 11.9 Å². The molecule has 1 fully saturated rings. The van der Waals surface area contributed by atoms with Gasteiger partial charge in [0.15, 0.2) is 0 Å². The number of aryl methyl sites for hydroxylation is 1. The molecule has 1 aromatic rings. The van der Waals surface area contributed by atoms with E-state index in [2.05, 4.69) is 0 Å². The van der Waals surface area contributed by atoms with Crippen LogP contribution in [0.25, 0.3) is 0 Å². The minimum atomic E-state index is -0.767. The summed E-state index contributed by atoms with van der Waals surface area (Å²) in [7, 11) is 0. The molecular weight excluding hydrogens is 222 g/mol. The summed E-state index contributed by atoms with van der Waals surface area (Å²) in [5.41, 5.74) is 0.538. The van der Waals surface area contributed by atoms with E-state index in [0.29, 0.717) is 37.3 Å². The van der Waals surface area contributed by atoms with Crippen molar-refractivity contribution in [2.75, 3.05) is 13.1 Å². The highest BCUT2D eigenvalue weighted by Gasteiger charge is 2.27. The molecule has 5 heteroatoms. The minimum Gasteiger partial charge on any atom is -0.481 e. The van der Waals surface area contributed by atoms with Crippen LogP contribution in [0.2, 0.25) is 0 Å². The molecule has 0 spiro atoms. The van der Waals surface area contributed by atoms with Gasteiger partial charge in [-0.15, -0.1) is 0 Å². The standard InChI is InChI=1S/C12H15NO4/c1-8-6-10(7-17-8)11(14)13-4-2-9(3-5-13)12(15)16/h6-7,9H,2-5H2,1H3,(H,15,16). The zero-order valence-corrected chi connectivity index (χ0v) is 9.68. The molecule has 0 bridgehead atoms. The van der Waals surface area contributed by atoms with Gasteiger partial charge in [-0.1, -0.05) is 0 Å². The lowest BCUT2D eigenvalue weighted by molar-refractivity contribution is -0.143. The Morgan fingerprint density at radius 3 is 2.53 bits per heavy atom. The summed E-state index contributed by atoms with van der Waals surface area (Å²) in [6.45, 7) is 2.79. The highest BCUT2D eigenvalue weighted by molar-refractivity contribution is 5.94. The van der Waals surface area contributed by atoms with Crippen LogP contribution in [0, 0.1) is 12.8 Å². The van der Waals surface area contributed by atoms with Crippen LogP contribution in [0.4, 0.5) is 0 Å². The summed E-state index contributed by atoms with van der Waals surface area (Å²) in [5, 5.41) is 8.87. The van der Waals surface area contributed by atoms with E-state index < -0.39 is 5.97 Å². The molecule has 0 saturated carbocycles. The first-order chi connectivity index (χ1) is 8.08. The number of piperidine rings is 1. The second-order valence-electron chi connectivity index (χ2n) is 4.35. The zero-order valence-electron chi connectivity index (χ0n) is 9.68. The van der Waals surface area contributed by atoms with E-state index in [-0.39, 0.29) is 11.8 Å². The van der Waals surface area contributed by atoms with Gasteiger partial charge in [0.05, 0.1) is 11.5 Å². The van der Waals surface area contributed by atoms with Crippen LogP contribution >= 0.6 is 0 Å². The first-order valence-corrected chi connectivity index (χ1v) is 5.65. The molecule has 1 aliphatic heterocycles. The molecule has 92 valence electrons. The maximum Gasteiger partial charge on any atom is 0.306 e. The van der Waals surface area contributed by atoms with Crippen LogP contribution in [-0.4, -0.2) is 35.0 Å². The molecule has 1 saturated heterocycles. The fourth-order valence-corrected chi connectivity index (χ4v) is 2.07. The van der Waals surface area contributed by atoms with Crippen LogP contribution in [-0.2, 0) is 4.79 Å². The normalized spacial score (nSPS) is 17.1. The second kappa shape index (κ2) is 4.61. The van der Waals surface area contributed by atoms with Gasteiger partial charge in [-0.25, -0.2) is 0 Å². The number of amides is 1. The Morgan fingerprint density at radius 2 is 2.06 bits per heavy atom. The van der Waals surface area contributed by atoms with E-state index in [4.69, 9.17) is 9.52 Å². The van der Waals surface area contributed by atoms with Gasteiger partial charge in [0.25, 0.3) is 5.91 Å². The largest absolute Gasteiger partial charge is 0.481 e. The molecule has 1 N–H and O–H groups in total. The van der Waals surface area contributed by atoms with Crippen molar-refractivity contribution in [2.24, 2.45) is 5.92 Å². The highest BCUT2D eigenvalue weighted by atomic mass is 16.4. The number of hydrogen-bond acceptors (Lipinski definition) is 3. The molecule has 1 aliphatic rings. The highest BCUT2D eigenvalue weighted by Crippen LogP contribution is 2.19. The molecule has 1 amide bonds. The summed E-state index contributed by atoms with van der Waals surface area (Å²) in [4.78, 5) is 24.5. The van der Waals surface area contributed by atoms with Crippen LogP contribution < -0.4 is 0 Å². The van der Waals surface area contributed by atoms with Gasteiger partial charge in [-0.2, -0.15) is 0 Å². The number of carbonyl (C=O) groups is 2. The zero-order chi connectivity index (χ0) is 12.4. The number of carboxylic acid groups (broad SMARTS) is 1. The molecule has 0 aromatic carbocycles. The van der Waals surface area contributed by atoms with E-state index >= 15 is 0 Å². The number of rotatable bonds is 2. The van der Waals surface area contributed by atoms with Crippen molar-refractivity contribution in [3.05, 3.63) is 23.7 Å². The molecule has 2 rings (SSSR count). The van der Waals surface area contributed by atoms with Crippen LogP contribution in [0.15, 0.2) is 16.7 Å². The summed E-state index contributed by atoms with van der Waals surface area (Å²) < 4.78 is 5.09. The lowest BCUT2D eigenvalue weighted by Gasteiger charge is -2.29. The quantitative estimate of drug-likeness (QED) is 0.846. The van der Waals surface area contributed by atoms with Gasteiger partial charge in [0.1, 0.15) is 12.0 Å². The average Bonchev–Trinajstić information content (AvgIpc) is 2.75. The summed E-state index contributed by atoms with van der Waals surface area (Å²) in [6.07, 6.45) is 2.50. The first kappa shape index (κ1) is 11.7. The smallest absolute Gasteiger partial charge is 0.306 e. The van der Waals surface area contributed by atoms with E-state index in [9.17, 15) is 9.59 Å². The second-order valence-corrected chi connectivity index (χ2v) is 4.35. The Balaban J connectivity index is 1.97. The Labute approximate surface area is 99.0 Å². The molecule has 0 radical (unpaired) electrons. The molecule has 0 aliphatic carbocycles. The fraction of sp³-hybridized carbons (Fsp3) is 0.500. The molecule has 0 unspecified atom stereocenters. The molecule has 5 nitrogen and oxygen atoms in total. The van der Waals surface area contributed by atoms with Gasteiger partial charge in [-0.3, -0.25) is 9.59 Å². The van der Waals surface area contributed by atoms with Crippen LogP contribution in [0.1, 0.15) is 29.0 Å². The fourth-order valence-electron chi connectivity index (χ4n) is 2.07. The predicted molar refractivity (Wildman–Crippen MR) is 59.7 cm³/mol. The van der Waals surface area contributed by atoms with E-state index in [1.54, 1.807) is 17.9 Å². The first-order valence-electron chi connectivity index (χ1n) is 5.65. The van der Waals surface area contributed by atoms with Gasteiger partial charge in [-0.05, 0) is 25.8 Å². The van der Waals surface area contributed by atoms with E-state index in [1.165, 1.54) is 6.26 Å². The number of likely N-dealkylation sites (tertiary alicyclic amines) is 1. The van der Waals surface area contributed by atoms with E-state index in [0.717, 1.165) is 0 Å². The maximum atomic E-state index is 12.0. The average molecular weight is 237 g/mol. The Kier molecular flexibility index (Phi) is 3.17.